The van der Waals surface area contributed by atoms with E-state index in [-0.39, 0.29) is 10.4 Å². The number of halogens is 2. The van der Waals surface area contributed by atoms with Crippen molar-refractivity contribution in [3.63, 3.8) is 0 Å². The molecule has 0 saturated carbocycles. The maximum Gasteiger partial charge on any atom is 0.291 e. The molecular formula is C11H14F2N4S2. The van der Waals surface area contributed by atoms with Crippen LogP contribution in [-0.2, 0) is 12.0 Å². The Bertz CT molecular complexity index is 545. The van der Waals surface area contributed by atoms with Gasteiger partial charge in [-0.05, 0) is 5.41 Å². The third-order valence-electron chi connectivity index (χ3n) is 2.31. The van der Waals surface area contributed by atoms with Gasteiger partial charge in [0.05, 0.1) is 6.54 Å². The third kappa shape index (κ3) is 3.66. The van der Waals surface area contributed by atoms with E-state index in [4.69, 9.17) is 0 Å². The number of rotatable bonds is 4. The van der Waals surface area contributed by atoms with Gasteiger partial charge < -0.3 is 5.32 Å². The lowest BCUT2D eigenvalue weighted by molar-refractivity contribution is 0.150. The number of aromatic nitrogens is 3. The van der Waals surface area contributed by atoms with Crippen molar-refractivity contribution in [1.29, 1.82) is 0 Å². The summed E-state index contributed by atoms with van der Waals surface area (Å²) in [6.07, 6.45) is -0.716. The predicted molar refractivity (Wildman–Crippen MR) is 73.0 cm³/mol. The standard InChI is InChI=1S/C11H14F2N4S2/c1-11(2,3)6-4-14-7(18-6)5-15-10-17-16-9(19-10)8(12)13/h4,8H,5H2,1-3H3,(H,15,17). The van der Waals surface area contributed by atoms with E-state index in [1.807, 2.05) is 6.20 Å². The van der Waals surface area contributed by atoms with Crippen LogP contribution < -0.4 is 5.32 Å². The van der Waals surface area contributed by atoms with Crippen LogP contribution in [0.15, 0.2) is 6.20 Å². The van der Waals surface area contributed by atoms with Crippen molar-refractivity contribution in [2.75, 3.05) is 5.32 Å². The molecule has 0 unspecified atom stereocenters. The molecule has 2 heterocycles. The van der Waals surface area contributed by atoms with Gasteiger partial charge in [-0.25, -0.2) is 13.8 Å². The minimum atomic E-state index is -2.57. The first-order chi connectivity index (χ1) is 8.86. The Hall–Kier alpha value is -1.15. The lowest BCUT2D eigenvalue weighted by Gasteiger charge is -2.14. The maximum absolute atomic E-state index is 12.3. The van der Waals surface area contributed by atoms with E-state index in [1.54, 1.807) is 11.3 Å². The summed E-state index contributed by atoms with van der Waals surface area (Å²) in [5.41, 5.74) is 0.0709. The Balaban J connectivity index is 1.96. The topological polar surface area (TPSA) is 50.7 Å². The monoisotopic (exact) mass is 304 g/mol. The number of hydrogen-bond donors (Lipinski definition) is 1. The second-order valence-corrected chi connectivity index (χ2v) is 7.09. The Morgan fingerprint density at radius 3 is 2.53 bits per heavy atom. The van der Waals surface area contributed by atoms with E-state index in [2.05, 4.69) is 41.3 Å². The lowest BCUT2D eigenvalue weighted by Crippen LogP contribution is -2.07. The number of hydrogen-bond acceptors (Lipinski definition) is 6. The van der Waals surface area contributed by atoms with Crippen molar-refractivity contribution in [1.82, 2.24) is 15.2 Å². The fraction of sp³-hybridized carbons (Fsp3) is 0.545. The highest BCUT2D eigenvalue weighted by Gasteiger charge is 2.17. The van der Waals surface area contributed by atoms with Crippen molar-refractivity contribution in [3.8, 4) is 0 Å². The van der Waals surface area contributed by atoms with Crippen LogP contribution in [0.2, 0.25) is 0 Å². The molecule has 2 rings (SSSR count). The molecule has 104 valence electrons. The number of thiazole rings is 1. The van der Waals surface area contributed by atoms with Crippen LogP contribution in [0.5, 0.6) is 0 Å². The molecule has 0 saturated heterocycles. The molecule has 0 amide bonds. The maximum atomic E-state index is 12.3. The zero-order valence-corrected chi connectivity index (χ0v) is 12.4. The minimum absolute atomic E-state index is 0.0709. The predicted octanol–water partition coefficient (Wildman–Crippen LogP) is 3.84. The SMILES string of the molecule is CC(C)(C)c1cnc(CNc2nnc(C(F)F)s2)s1. The first kappa shape index (κ1) is 14.3. The van der Waals surface area contributed by atoms with E-state index in [0.717, 1.165) is 16.3 Å². The van der Waals surface area contributed by atoms with Crippen molar-refractivity contribution < 1.29 is 8.78 Å². The van der Waals surface area contributed by atoms with Gasteiger partial charge in [-0.15, -0.1) is 21.5 Å². The van der Waals surface area contributed by atoms with Gasteiger partial charge >= 0.3 is 0 Å². The summed E-state index contributed by atoms with van der Waals surface area (Å²) in [7, 11) is 0. The van der Waals surface area contributed by atoms with Gasteiger partial charge in [0.1, 0.15) is 5.01 Å². The molecular weight excluding hydrogens is 290 g/mol. The molecule has 2 aromatic rings. The van der Waals surface area contributed by atoms with Crippen LogP contribution in [0, 0.1) is 0 Å². The Morgan fingerprint density at radius 2 is 2.00 bits per heavy atom. The zero-order valence-electron chi connectivity index (χ0n) is 10.8. The molecule has 0 atom stereocenters. The number of alkyl halides is 2. The summed E-state index contributed by atoms with van der Waals surface area (Å²) in [5.74, 6) is 0. The largest absolute Gasteiger partial charge is 0.354 e. The highest BCUT2D eigenvalue weighted by molar-refractivity contribution is 7.15. The molecule has 8 heteroatoms. The van der Waals surface area contributed by atoms with Crippen LogP contribution >= 0.6 is 22.7 Å². The van der Waals surface area contributed by atoms with Crippen LogP contribution in [0.4, 0.5) is 13.9 Å². The number of anilines is 1. The Labute approximate surface area is 117 Å². The highest BCUT2D eigenvalue weighted by atomic mass is 32.1. The molecule has 0 aliphatic rings. The van der Waals surface area contributed by atoms with Crippen molar-refractivity contribution in [3.05, 3.63) is 21.1 Å². The fourth-order valence-electron chi connectivity index (χ4n) is 1.28. The Morgan fingerprint density at radius 1 is 1.26 bits per heavy atom. The molecule has 0 aliphatic heterocycles. The van der Waals surface area contributed by atoms with Gasteiger partial charge in [-0.3, -0.25) is 0 Å². The molecule has 4 nitrogen and oxygen atoms in total. The van der Waals surface area contributed by atoms with Crippen LogP contribution in [0.25, 0.3) is 0 Å². The fourth-order valence-corrected chi connectivity index (χ4v) is 2.79. The molecule has 0 radical (unpaired) electrons. The van der Waals surface area contributed by atoms with E-state index in [0.29, 0.717) is 11.7 Å². The van der Waals surface area contributed by atoms with Crippen molar-refractivity contribution >= 4 is 27.8 Å². The normalized spacial score (nSPS) is 12.1. The number of nitrogens with zero attached hydrogens (tertiary/aromatic N) is 3. The van der Waals surface area contributed by atoms with Gasteiger partial charge in [-0.1, -0.05) is 32.1 Å². The van der Waals surface area contributed by atoms with E-state index >= 15 is 0 Å². The second-order valence-electron chi connectivity index (χ2n) is 4.97. The first-order valence-corrected chi connectivity index (χ1v) is 7.30. The summed E-state index contributed by atoms with van der Waals surface area (Å²) in [6.45, 7) is 6.84. The summed E-state index contributed by atoms with van der Waals surface area (Å²) >= 11 is 2.47. The van der Waals surface area contributed by atoms with Crippen LogP contribution in [-0.4, -0.2) is 15.2 Å². The second kappa shape index (κ2) is 5.46. The van der Waals surface area contributed by atoms with Gasteiger partial charge in [0.25, 0.3) is 6.43 Å². The third-order valence-corrected chi connectivity index (χ3v) is 4.62. The van der Waals surface area contributed by atoms with Crippen LogP contribution in [0.1, 0.15) is 42.1 Å². The van der Waals surface area contributed by atoms with E-state index in [9.17, 15) is 8.78 Å². The summed E-state index contributed by atoms with van der Waals surface area (Å²) in [4.78, 5) is 5.49. The molecule has 1 N–H and O–H groups in total. The van der Waals surface area contributed by atoms with Crippen molar-refractivity contribution in [2.24, 2.45) is 0 Å². The summed E-state index contributed by atoms with van der Waals surface area (Å²) < 4.78 is 24.7. The molecule has 2 aromatic heterocycles. The molecule has 0 fully saturated rings. The van der Waals surface area contributed by atoms with E-state index < -0.39 is 6.43 Å². The molecule has 0 aromatic carbocycles. The zero-order chi connectivity index (χ0) is 14.0. The Kier molecular flexibility index (Phi) is 4.10. The summed E-state index contributed by atoms with van der Waals surface area (Å²) in [6, 6.07) is 0. The van der Waals surface area contributed by atoms with Gasteiger partial charge in [-0.2, -0.15) is 0 Å². The molecule has 19 heavy (non-hydrogen) atoms. The average molecular weight is 304 g/mol. The molecule has 0 aliphatic carbocycles. The van der Waals surface area contributed by atoms with Gasteiger partial charge in [0.2, 0.25) is 5.13 Å². The average Bonchev–Trinajstić information content (AvgIpc) is 2.95. The van der Waals surface area contributed by atoms with Gasteiger partial charge in [0, 0.05) is 11.1 Å². The van der Waals surface area contributed by atoms with Crippen LogP contribution in [0.3, 0.4) is 0 Å². The lowest BCUT2D eigenvalue weighted by atomic mass is 9.96. The molecule has 0 spiro atoms. The van der Waals surface area contributed by atoms with Gasteiger partial charge in [0.15, 0.2) is 5.01 Å². The number of nitrogens with one attached hydrogen (secondary N) is 1. The van der Waals surface area contributed by atoms with Crippen molar-refractivity contribution in [2.45, 2.75) is 39.2 Å². The first-order valence-electron chi connectivity index (χ1n) is 5.67. The minimum Gasteiger partial charge on any atom is -0.354 e. The quantitative estimate of drug-likeness (QED) is 0.932. The molecule has 0 bridgehead atoms. The smallest absolute Gasteiger partial charge is 0.291 e. The van der Waals surface area contributed by atoms with E-state index in [1.165, 1.54) is 4.88 Å². The highest BCUT2D eigenvalue weighted by Crippen LogP contribution is 2.29. The summed E-state index contributed by atoms with van der Waals surface area (Å²) in [5, 5.41) is 11.1.